The number of nitrogens with two attached hydrogens (primary N) is 1. The number of nitrogen functional groups attached to an aromatic ring is 1. The number of benzene rings is 1. The summed E-state index contributed by atoms with van der Waals surface area (Å²) in [6.45, 7) is 1.10. The number of rotatable bonds is 4. The summed E-state index contributed by atoms with van der Waals surface area (Å²) in [6, 6.07) is 5.34. The van der Waals surface area contributed by atoms with Gasteiger partial charge in [-0.3, -0.25) is 4.79 Å². The zero-order valence-electron chi connectivity index (χ0n) is 9.37. The number of carbonyl (C=O) groups excluding carboxylic acids is 1. The second-order valence-corrected chi connectivity index (χ2v) is 4.74. The van der Waals surface area contributed by atoms with Crippen molar-refractivity contribution < 1.29 is 9.53 Å². The van der Waals surface area contributed by atoms with Crippen LogP contribution in [0.2, 0.25) is 0 Å². The molecule has 5 heteroatoms. The van der Waals surface area contributed by atoms with Crippen LogP contribution >= 0.6 is 22.6 Å². The van der Waals surface area contributed by atoms with Crippen molar-refractivity contribution in [2.45, 2.75) is 0 Å². The molecule has 0 unspecified atom stereocenters. The van der Waals surface area contributed by atoms with Gasteiger partial charge in [0.05, 0.1) is 6.61 Å². The summed E-state index contributed by atoms with van der Waals surface area (Å²) in [4.78, 5) is 13.6. The fourth-order valence-electron chi connectivity index (χ4n) is 1.29. The standard InChI is InChI=1S/C11H15IN2O2/c1-14(3-4-16-2)11(15)8-5-9(12)7-10(13)6-8/h5-7H,3-4,13H2,1-2H3. The maximum absolute atomic E-state index is 12.0. The van der Waals surface area contributed by atoms with Crippen molar-refractivity contribution in [2.75, 3.05) is 33.0 Å². The zero-order chi connectivity index (χ0) is 12.1. The molecular formula is C11H15IN2O2. The van der Waals surface area contributed by atoms with Crippen LogP contribution in [0.4, 0.5) is 5.69 Å². The number of halogens is 1. The summed E-state index contributed by atoms with van der Waals surface area (Å²) in [7, 11) is 3.36. The molecule has 4 nitrogen and oxygen atoms in total. The van der Waals surface area contributed by atoms with Crippen molar-refractivity contribution in [2.24, 2.45) is 0 Å². The van der Waals surface area contributed by atoms with Crippen LogP contribution in [0.25, 0.3) is 0 Å². The van der Waals surface area contributed by atoms with E-state index in [2.05, 4.69) is 22.6 Å². The van der Waals surface area contributed by atoms with Gasteiger partial charge in [-0.1, -0.05) is 0 Å². The molecule has 0 spiro atoms. The molecule has 1 aromatic rings. The molecule has 1 amide bonds. The van der Waals surface area contributed by atoms with Gasteiger partial charge < -0.3 is 15.4 Å². The van der Waals surface area contributed by atoms with E-state index in [9.17, 15) is 4.79 Å². The Kier molecular flexibility index (Phi) is 5.01. The van der Waals surface area contributed by atoms with Crippen LogP contribution in [-0.4, -0.2) is 38.1 Å². The molecule has 0 fully saturated rings. The number of likely N-dealkylation sites (N-methyl/N-ethyl adjacent to an activating group) is 1. The first-order valence-corrected chi connectivity index (χ1v) is 5.93. The van der Waals surface area contributed by atoms with Crippen molar-refractivity contribution in [3.05, 3.63) is 27.3 Å². The van der Waals surface area contributed by atoms with Gasteiger partial charge in [-0.25, -0.2) is 0 Å². The molecule has 2 N–H and O–H groups in total. The highest BCUT2D eigenvalue weighted by Crippen LogP contribution is 2.15. The highest BCUT2D eigenvalue weighted by Gasteiger charge is 2.12. The van der Waals surface area contributed by atoms with E-state index in [4.69, 9.17) is 10.5 Å². The van der Waals surface area contributed by atoms with Gasteiger partial charge in [-0.2, -0.15) is 0 Å². The number of hydrogen-bond donors (Lipinski definition) is 1. The summed E-state index contributed by atoms with van der Waals surface area (Å²) < 4.78 is 5.89. The van der Waals surface area contributed by atoms with Gasteiger partial charge in [0.25, 0.3) is 5.91 Å². The number of methoxy groups -OCH3 is 1. The number of hydrogen-bond acceptors (Lipinski definition) is 3. The molecule has 0 bridgehead atoms. The molecule has 0 saturated carbocycles. The summed E-state index contributed by atoms with van der Waals surface area (Å²) in [5.74, 6) is -0.0396. The molecule has 88 valence electrons. The lowest BCUT2D eigenvalue weighted by molar-refractivity contribution is 0.0744. The van der Waals surface area contributed by atoms with Crippen LogP contribution in [0.5, 0.6) is 0 Å². The molecule has 0 saturated heterocycles. The number of anilines is 1. The van der Waals surface area contributed by atoms with Crippen molar-refractivity contribution in [3.63, 3.8) is 0 Å². The summed E-state index contributed by atoms with van der Waals surface area (Å²) >= 11 is 2.14. The summed E-state index contributed by atoms with van der Waals surface area (Å²) in [5.41, 5.74) is 6.92. The van der Waals surface area contributed by atoms with Crippen LogP contribution in [0, 0.1) is 3.57 Å². The Balaban J connectivity index is 2.79. The average molecular weight is 334 g/mol. The fourth-order valence-corrected chi connectivity index (χ4v) is 1.98. The largest absolute Gasteiger partial charge is 0.399 e. The quantitative estimate of drug-likeness (QED) is 0.672. The first kappa shape index (κ1) is 13.2. The van der Waals surface area contributed by atoms with E-state index in [1.165, 1.54) is 0 Å². The molecule has 0 heterocycles. The van der Waals surface area contributed by atoms with Gasteiger partial charge in [0, 0.05) is 35.5 Å². The molecule has 1 aromatic carbocycles. The van der Waals surface area contributed by atoms with Crippen molar-refractivity contribution in [1.29, 1.82) is 0 Å². The Bertz CT molecular complexity index is 362. The first-order valence-electron chi connectivity index (χ1n) is 4.85. The third kappa shape index (κ3) is 3.64. The molecule has 0 aliphatic rings. The van der Waals surface area contributed by atoms with Gasteiger partial charge in [0.1, 0.15) is 0 Å². The highest BCUT2D eigenvalue weighted by molar-refractivity contribution is 14.1. The van der Waals surface area contributed by atoms with E-state index in [-0.39, 0.29) is 5.91 Å². The summed E-state index contributed by atoms with van der Waals surface area (Å²) in [6.07, 6.45) is 0. The SMILES string of the molecule is COCCN(C)C(=O)c1cc(N)cc(I)c1. The maximum atomic E-state index is 12.0. The lowest BCUT2D eigenvalue weighted by Gasteiger charge is -2.17. The molecule has 0 aliphatic heterocycles. The van der Waals surface area contributed by atoms with Gasteiger partial charge in [-0.05, 0) is 40.8 Å². The molecule has 0 atom stereocenters. The smallest absolute Gasteiger partial charge is 0.253 e. The van der Waals surface area contributed by atoms with Gasteiger partial charge in [-0.15, -0.1) is 0 Å². The van der Waals surface area contributed by atoms with Crippen LogP contribution in [0.1, 0.15) is 10.4 Å². The predicted octanol–water partition coefficient (Wildman–Crippen LogP) is 1.59. The lowest BCUT2D eigenvalue weighted by atomic mass is 10.2. The van der Waals surface area contributed by atoms with E-state index >= 15 is 0 Å². The summed E-state index contributed by atoms with van der Waals surface area (Å²) in [5, 5.41) is 0. The lowest BCUT2D eigenvalue weighted by Crippen LogP contribution is -2.30. The highest BCUT2D eigenvalue weighted by atomic mass is 127. The van der Waals surface area contributed by atoms with E-state index in [0.29, 0.717) is 24.4 Å². The molecular weight excluding hydrogens is 319 g/mol. The Morgan fingerprint density at radius 1 is 1.50 bits per heavy atom. The van der Waals surface area contributed by atoms with Crippen LogP contribution < -0.4 is 5.73 Å². The van der Waals surface area contributed by atoms with Crippen molar-refractivity contribution in [3.8, 4) is 0 Å². The molecule has 16 heavy (non-hydrogen) atoms. The molecule has 1 rings (SSSR count). The minimum Gasteiger partial charge on any atom is -0.399 e. The average Bonchev–Trinajstić information content (AvgIpc) is 2.23. The number of ether oxygens (including phenoxy) is 1. The second-order valence-electron chi connectivity index (χ2n) is 3.49. The van der Waals surface area contributed by atoms with Crippen LogP contribution in [0.3, 0.4) is 0 Å². The minimum atomic E-state index is -0.0396. The van der Waals surface area contributed by atoms with E-state index in [0.717, 1.165) is 3.57 Å². The normalized spacial score (nSPS) is 10.2. The van der Waals surface area contributed by atoms with Gasteiger partial charge in [0.2, 0.25) is 0 Å². The topological polar surface area (TPSA) is 55.6 Å². The monoisotopic (exact) mass is 334 g/mol. The molecule has 0 aliphatic carbocycles. The van der Waals surface area contributed by atoms with Crippen molar-refractivity contribution in [1.82, 2.24) is 4.90 Å². The Morgan fingerprint density at radius 2 is 2.19 bits per heavy atom. The Morgan fingerprint density at radius 3 is 2.75 bits per heavy atom. The van der Waals surface area contributed by atoms with Crippen molar-refractivity contribution >= 4 is 34.2 Å². The maximum Gasteiger partial charge on any atom is 0.253 e. The van der Waals surface area contributed by atoms with E-state index in [1.54, 1.807) is 25.1 Å². The van der Waals surface area contributed by atoms with Crippen LogP contribution in [-0.2, 0) is 4.74 Å². The Labute approximate surface area is 109 Å². The zero-order valence-corrected chi connectivity index (χ0v) is 11.5. The van der Waals surface area contributed by atoms with E-state index in [1.807, 2.05) is 12.1 Å². The van der Waals surface area contributed by atoms with Gasteiger partial charge in [0.15, 0.2) is 0 Å². The predicted molar refractivity (Wildman–Crippen MR) is 72.4 cm³/mol. The molecule has 0 radical (unpaired) electrons. The minimum absolute atomic E-state index is 0.0396. The first-order chi connectivity index (χ1) is 7.54. The third-order valence-electron chi connectivity index (χ3n) is 2.14. The second kappa shape index (κ2) is 6.05. The van der Waals surface area contributed by atoms with Crippen LogP contribution in [0.15, 0.2) is 18.2 Å². The van der Waals surface area contributed by atoms with Gasteiger partial charge >= 0.3 is 0 Å². The number of amides is 1. The number of carbonyl (C=O) groups is 1. The Hall–Kier alpha value is -0.820. The fraction of sp³-hybridized carbons (Fsp3) is 0.364. The molecule has 0 aromatic heterocycles. The number of nitrogens with zero attached hydrogens (tertiary/aromatic N) is 1. The van der Waals surface area contributed by atoms with E-state index < -0.39 is 0 Å². The third-order valence-corrected chi connectivity index (χ3v) is 2.77.